The first-order valence-electron chi connectivity index (χ1n) is 5.85. The molecule has 0 aliphatic heterocycles. The lowest BCUT2D eigenvalue weighted by Crippen LogP contribution is -2.25. The Morgan fingerprint density at radius 1 is 1.19 bits per heavy atom. The van der Waals surface area contributed by atoms with E-state index in [4.69, 9.17) is 9.47 Å². The van der Waals surface area contributed by atoms with Crippen LogP contribution in [0.15, 0.2) is 4.99 Å². The maximum absolute atomic E-state index is 11.6. The van der Waals surface area contributed by atoms with Crippen molar-refractivity contribution in [3.8, 4) is 0 Å². The van der Waals surface area contributed by atoms with E-state index in [1.54, 1.807) is 13.8 Å². The molecule has 0 saturated heterocycles. The zero-order valence-corrected chi connectivity index (χ0v) is 10.9. The van der Waals surface area contributed by atoms with Gasteiger partial charge in [0.05, 0.1) is 13.2 Å². The molecule has 16 heavy (non-hydrogen) atoms. The van der Waals surface area contributed by atoms with Crippen LogP contribution >= 0.6 is 0 Å². The summed E-state index contributed by atoms with van der Waals surface area (Å²) in [4.78, 5) is 15.9. The molecule has 1 unspecified atom stereocenters. The third kappa shape index (κ3) is 6.43. The molecule has 0 amide bonds. The van der Waals surface area contributed by atoms with Gasteiger partial charge in [-0.3, -0.25) is 0 Å². The predicted octanol–water partition coefficient (Wildman–Crippen LogP) is 2.42. The van der Waals surface area contributed by atoms with E-state index in [1.807, 2.05) is 6.92 Å². The Morgan fingerprint density at radius 3 is 2.19 bits per heavy atom. The minimum atomic E-state index is -0.438. The van der Waals surface area contributed by atoms with Gasteiger partial charge in [0.1, 0.15) is 0 Å². The number of hydrogen-bond donors (Lipinski definition) is 0. The maximum atomic E-state index is 11.6. The van der Waals surface area contributed by atoms with Crippen LogP contribution in [-0.4, -0.2) is 31.1 Å². The molecule has 94 valence electrons. The van der Waals surface area contributed by atoms with Crippen molar-refractivity contribution in [1.82, 2.24) is 0 Å². The van der Waals surface area contributed by atoms with Crippen molar-refractivity contribution in [3.63, 3.8) is 0 Å². The molecule has 0 aromatic heterocycles. The van der Waals surface area contributed by atoms with Crippen LogP contribution in [0.25, 0.3) is 0 Å². The van der Waals surface area contributed by atoms with E-state index < -0.39 is 6.04 Å². The Hall–Kier alpha value is -1.06. The van der Waals surface area contributed by atoms with Gasteiger partial charge < -0.3 is 9.47 Å². The average Bonchev–Trinajstić information content (AvgIpc) is 2.16. The van der Waals surface area contributed by atoms with Gasteiger partial charge in [-0.15, -0.1) is 0 Å². The van der Waals surface area contributed by atoms with E-state index in [0.717, 1.165) is 0 Å². The standard InChI is InChI=1S/C12H23NO3/c1-6-15-10(5)13-11(8-9(3)4)12(14)16-7-2/h9,11H,6-8H2,1-5H3. The van der Waals surface area contributed by atoms with Crippen LogP contribution in [-0.2, 0) is 14.3 Å². The largest absolute Gasteiger partial charge is 0.481 e. The molecule has 0 N–H and O–H groups in total. The van der Waals surface area contributed by atoms with Gasteiger partial charge in [0, 0.05) is 6.92 Å². The highest BCUT2D eigenvalue weighted by Gasteiger charge is 2.20. The highest BCUT2D eigenvalue weighted by atomic mass is 16.5. The fourth-order valence-electron chi connectivity index (χ4n) is 1.35. The van der Waals surface area contributed by atoms with Gasteiger partial charge in [0.15, 0.2) is 11.9 Å². The van der Waals surface area contributed by atoms with E-state index in [9.17, 15) is 4.79 Å². The Balaban J connectivity index is 4.53. The number of carbonyl (C=O) groups is 1. The monoisotopic (exact) mass is 229 g/mol. The fraction of sp³-hybridized carbons (Fsp3) is 0.833. The zero-order valence-electron chi connectivity index (χ0n) is 10.9. The molecule has 0 aliphatic carbocycles. The third-order valence-electron chi connectivity index (χ3n) is 1.94. The molecule has 0 rings (SSSR count). The first-order valence-corrected chi connectivity index (χ1v) is 5.85. The van der Waals surface area contributed by atoms with Crippen LogP contribution in [0, 0.1) is 5.92 Å². The Bertz CT molecular complexity index is 236. The molecule has 0 aromatic rings. The van der Waals surface area contributed by atoms with Gasteiger partial charge >= 0.3 is 5.97 Å². The minimum absolute atomic E-state index is 0.268. The van der Waals surface area contributed by atoms with Crippen molar-refractivity contribution in [2.75, 3.05) is 13.2 Å². The molecular weight excluding hydrogens is 206 g/mol. The predicted molar refractivity (Wildman–Crippen MR) is 64.6 cm³/mol. The zero-order chi connectivity index (χ0) is 12.6. The van der Waals surface area contributed by atoms with Gasteiger partial charge in [0.25, 0.3) is 0 Å². The van der Waals surface area contributed by atoms with Crippen molar-refractivity contribution in [2.45, 2.75) is 47.1 Å². The SMILES string of the molecule is CCOC(=O)C(CC(C)C)N=C(C)OCC. The van der Waals surface area contributed by atoms with Crippen LogP contribution < -0.4 is 0 Å². The van der Waals surface area contributed by atoms with E-state index in [1.165, 1.54) is 0 Å². The van der Waals surface area contributed by atoms with Crippen LogP contribution in [0.2, 0.25) is 0 Å². The molecule has 1 atom stereocenters. The minimum Gasteiger partial charge on any atom is -0.481 e. The second-order valence-electron chi connectivity index (χ2n) is 3.98. The molecule has 0 heterocycles. The van der Waals surface area contributed by atoms with Gasteiger partial charge in [0.2, 0.25) is 0 Å². The first kappa shape index (κ1) is 14.9. The van der Waals surface area contributed by atoms with E-state index in [2.05, 4.69) is 18.8 Å². The Labute approximate surface area is 98.0 Å². The van der Waals surface area contributed by atoms with Gasteiger partial charge in [-0.1, -0.05) is 13.8 Å². The lowest BCUT2D eigenvalue weighted by Gasteiger charge is -2.14. The summed E-state index contributed by atoms with van der Waals surface area (Å²) in [5, 5.41) is 0. The number of rotatable bonds is 6. The normalized spacial score (nSPS) is 13.8. The van der Waals surface area contributed by atoms with Gasteiger partial charge in [-0.25, -0.2) is 9.79 Å². The van der Waals surface area contributed by atoms with E-state index >= 15 is 0 Å². The summed E-state index contributed by atoms with van der Waals surface area (Å²) in [6.45, 7) is 10.5. The summed E-state index contributed by atoms with van der Waals surface area (Å²) in [5.41, 5.74) is 0. The van der Waals surface area contributed by atoms with Crippen molar-refractivity contribution in [1.29, 1.82) is 0 Å². The van der Waals surface area contributed by atoms with Gasteiger partial charge in [-0.05, 0) is 26.2 Å². The summed E-state index contributed by atoms with van der Waals surface area (Å²) in [6.07, 6.45) is 0.684. The lowest BCUT2D eigenvalue weighted by molar-refractivity contribution is -0.145. The quantitative estimate of drug-likeness (QED) is 0.399. The number of nitrogens with zero attached hydrogens (tertiary/aromatic N) is 1. The number of ether oxygens (including phenoxy) is 2. The molecule has 0 aromatic carbocycles. The van der Waals surface area contributed by atoms with Crippen LogP contribution in [0.1, 0.15) is 41.0 Å². The van der Waals surface area contributed by atoms with E-state index in [0.29, 0.717) is 31.5 Å². The fourth-order valence-corrected chi connectivity index (χ4v) is 1.35. The smallest absolute Gasteiger partial charge is 0.330 e. The molecular formula is C12H23NO3. The highest BCUT2D eigenvalue weighted by Crippen LogP contribution is 2.10. The molecule has 4 nitrogen and oxygen atoms in total. The Kier molecular flexibility index (Phi) is 7.60. The van der Waals surface area contributed by atoms with Crippen LogP contribution in [0.3, 0.4) is 0 Å². The van der Waals surface area contributed by atoms with Crippen LogP contribution in [0.4, 0.5) is 0 Å². The summed E-state index contributed by atoms with van der Waals surface area (Å²) in [7, 11) is 0. The van der Waals surface area contributed by atoms with Crippen molar-refractivity contribution >= 4 is 11.9 Å². The number of aliphatic imine (C=N–C) groups is 1. The molecule has 4 heteroatoms. The van der Waals surface area contributed by atoms with Crippen molar-refractivity contribution in [2.24, 2.45) is 10.9 Å². The third-order valence-corrected chi connectivity index (χ3v) is 1.94. The first-order chi connectivity index (χ1) is 7.51. The summed E-state index contributed by atoms with van der Waals surface area (Å²) >= 11 is 0. The molecule has 0 saturated carbocycles. The summed E-state index contributed by atoms with van der Waals surface area (Å²) in [5.74, 6) is 0.670. The second kappa shape index (κ2) is 8.13. The number of esters is 1. The number of carbonyl (C=O) groups excluding carboxylic acids is 1. The lowest BCUT2D eigenvalue weighted by atomic mass is 10.0. The van der Waals surface area contributed by atoms with Crippen LogP contribution in [0.5, 0.6) is 0 Å². The highest BCUT2D eigenvalue weighted by molar-refractivity contribution is 5.81. The molecule has 0 spiro atoms. The van der Waals surface area contributed by atoms with Crippen molar-refractivity contribution in [3.05, 3.63) is 0 Å². The number of hydrogen-bond acceptors (Lipinski definition) is 4. The molecule has 0 radical (unpaired) electrons. The maximum Gasteiger partial charge on any atom is 0.330 e. The topological polar surface area (TPSA) is 47.9 Å². The van der Waals surface area contributed by atoms with E-state index in [-0.39, 0.29) is 5.97 Å². The molecule has 0 fully saturated rings. The molecule has 0 aliphatic rings. The Morgan fingerprint density at radius 2 is 1.75 bits per heavy atom. The average molecular weight is 229 g/mol. The molecule has 0 bridgehead atoms. The van der Waals surface area contributed by atoms with Crippen molar-refractivity contribution < 1.29 is 14.3 Å². The summed E-state index contributed by atoms with van der Waals surface area (Å²) in [6, 6.07) is -0.438. The van der Waals surface area contributed by atoms with Gasteiger partial charge in [-0.2, -0.15) is 0 Å². The second-order valence-corrected chi connectivity index (χ2v) is 3.98. The summed E-state index contributed by atoms with van der Waals surface area (Å²) < 4.78 is 10.2.